The molecule has 1 atom stereocenters. The Morgan fingerprint density at radius 2 is 2.17 bits per heavy atom. The molecule has 0 bridgehead atoms. The van der Waals surface area contributed by atoms with E-state index in [4.69, 9.17) is 5.73 Å². The molecule has 18 heavy (non-hydrogen) atoms. The highest BCUT2D eigenvalue weighted by molar-refractivity contribution is 5.92. The van der Waals surface area contributed by atoms with Gasteiger partial charge in [-0.05, 0) is 19.1 Å². The first kappa shape index (κ1) is 14.0. The highest BCUT2D eigenvalue weighted by Gasteiger charge is 2.11. The topological polar surface area (TPSA) is 88.3 Å². The smallest absolute Gasteiger partial charge is 0.272 e. The highest BCUT2D eigenvalue weighted by Crippen LogP contribution is 2.11. The van der Waals surface area contributed by atoms with Crippen LogP contribution in [0.4, 0.5) is 5.69 Å². The van der Waals surface area contributed by atoms with Gasteiger partial charge in [0.05, 0.1) is 0 Å². The number of carbonyl (C=O) groups excluding carboxylic acids is 2. The van der Waals surface area contributed by atoms with E-state index in [2.05, 4.69) is 10.3 Å². The van der Waals surface area contributed by atoms with Crippen molar-refractivity contribution in [2.75, 3.05) is 19.4 Å². The summed E-state index contributed by atoms with van der Waals surface area (Å²) in [6, 6.07) is 3.30. The molecule has 6 nitrogen and oxygen atoms in total. The molecule has 0 spiro atoms. The SMILES string of the molecule is CC(CC(N)=O)Nc1ccnc(C(=O)N(C)C)c1. The Kier molecular flexibility index (Phi) is 4.65. The average Bonchev–Trinajstić information content (AvgIpc) is 2.26. The first-order chi connectivity index (χ1) is 8.40. The van der Waals surface area contributed by atoms with E-state index >= 15 is 0 Å². The van der Waals surface area contributed by atoms with E-state index in [1.54, 1.807) is 32.4 Å². The molecule has 6 heteroatoms. The van der Waals surface area contributed by atoms with Crippen molar-refractivity contribution in [1.29, 1.82) is 0 Å². The Bertz CT molecular complexity index is 445. The molecule has 1 aromatic rings. The fourth-order valence-electron chi connectivity index (χ4n) is 1.50. The summed E-state index contributed by atoms with van der Waals surface area (Å²) in [5.41, 5.74) is 6.21. The van der Waals surface area contributed by atoms with E-state index in [9.17, 15) is 9.59 Å². The Hall–Kier alpha value is -2.11. The summed E-state index contributed by atoms with van der Waals surface area (Å²) in [7, 11) is 3.33. The normalized spacial score (nSPS) is 11.7. The van der Waals surface area contributed by atoms with Gasteiger partial charge in [0.1, 0.15) is 5.69 Å². The van der Waals surface area contributed by atoms with Crippen molar-refractivity contribution in [3.63, 3.8) is 0 Å². The van der Waals surface area contributed by atoms with Crippen LogP contribution in [0.2, 0.25) is 0 Å². The zero-order chi connectivity index (χ0) is 13.7. The van der Waals surface area contributed by atoms with Crippen LogP contribution in [-0.2, 0) is 4.79 Å². The van der Waals surface area contributed by atoms with E-state index < -0.39 is 0 Å². The lowest BCUT2D eigenvalue weighted by atomic mass is 10.2. The number of carbonyl (C=O) groups is 2. The number of amides is 2. The number of nitrogens with one attached hydrogen (secondary N) is 1. The quantitative estimate of drug-likeness (QED) is 0.794. The van der Waals surface area contributed by atoms with Crippen molar-refractivity contribution in [2.45, 2.75) is 19.4 Å². The van der Waals surface area contributed by atoms with Crippen LogP contribution >= 0.6 is 0 Å². The van der Waals surface area contributed by atoms with E-state index in [1.807, 2.05) is 6.92 Å². The third-order valence-electron chi connectivity index (χ3n) is 2.31. The monoisotopic (exact) mass is 250 g/mol. The second kappa shape index (κ2) is 6.00. The number of nitrogens with two attached hydrogens (primary N) is 1. The molecular formula is C12H18N4O2. The summed E-state index contributed by atoms with van der Waals surface area (Å²) in [4.78, 5) is 28.0. The summed E-state index contributed by atoms with van der Waals surface area (Å²) < 4.78 is 0. The molecule has 0 aliphatic heterocycles. The van der Waals surface area contributed by atoms with Gasteiger partial charge in [-0.25, -0.2) is 0 Å². The van der Waals surface area contributed by atoms with Crippen LogP contribution in [0.3, 0.4) is 0 Å². The molecule has 0 aliphatic rings. The van der Waals surface area contributed by atoms with Gasteiger partial charge < -0.3 is 16.0 Å². The molecule has 2 amide bonds. The van der Waals surface area contributed by atoms with Gasteiger partial charge in [-0.15, -0.1) is 0 Å². The Morgan fingerprint density at radius 3 is 2.72 bits per heavy atom. The molecule has 1 rings (SSSR count). The molecular weight excluding hydrogens is 232 g/mol. The predicted octanol–water partition coefficient (Wildman–Crippen LogP) is 0.459. The lowest BCUT2D eigenvalue weighted by Gasteiger charge is -2.15. The fraction of sp³-hybridized carbons (Fsp3) is 0.417. The number of aromatic nitrogens is 1. The van der Waals surface area contributed by atoms with Crippen LogP contribution in [0.15, 0.2) is 18.3 Å². The van der Waals surface area contributed by atoms with Crippen molar-refractivity contribution in [3.05, 3.63) is 24.0 Å². The second-order valence-electron chi connectivity index (χ2n) is 4.35. The van der Waals surface area contributed by atoms with Crippen LogP contribution in [0.1, 0.15) is 23.8 Å². The summed E-state index contributed by atoms with van der Waals surface area (Å²) in [6.45, 7) is 1.85. The first-order valence-corrected chi connectivity index (χ1v) is 5.62. The fourth-order valence-corrected chi connectivity index (χ4v) is 1.50. The Labute approximate surface area is 106 Å². The van der Waals surface area contributed by atoms with Gasteiger partial charge >= 0.3 is 0 Å². The van der Waals surface area contributed by atoms with Gasteiger partial charge in [0.15, 0.2) is 0 Å². The largest absolute Gasteiger partial charge is 0.382 e. The second-order valence-corrected chi connectivity index (χ2v) is 4.35. The van der Waals surface area contributed by atoms with E-state index in [0.717, 1.165) is 5.69 Å². The van der Waals surface area contributed by atoms with Crippen LogP contribution in [0, 0.1) is 0 Å². The molecule has 1 aromatic heterocycles. The van der Waals surface area contributed by atoms with Crippen LogP contribution in [-0.4, -0.2) is 41.8 Å². The minimum absolute atomic E-state index is 0.0905. The van der Waals surface area contributed by atoms with Gasteiger partial charge in [-0.1, -0.05) is 0 Å². The van der Waals surface area contributed by atoms with Crippen molar-refractivity contribution in [2.24, 2.45) is 5.73 Å². The average molecular weight is 250 g/mol. The summed E-state index contributed by atoms with van der Waals surface area (Å²) in [5.74, 6) is -0.533. The highest BCUT2D eigenvalue weighted by atomic mass is 16.2. The maximum Gasteiger partial charge on any atom is 0.272 e. The Morgan fingerprint density at radius 1 is 1.50 bits per heavy atom. The van der Waals surface area contributed by atoms with Crippen molar-refractivity contribution < 1.29 is 9.59 Å². The zero-order valence-corrected chi connectivity index (χ0v) is 10.8. The third-order valence-corrected chi connectivity index (χ3v) is 2.31. The predicted molar refractivity (Wildman–Crippen MR) is 69.2 cm³/mol. The zero-order valence-electron chi connectivity index (χ0n) is 10.8. The molecule has 1 unspecified atom stereocenters. The molecule has 3 N–H and O–H groups in total. The van der Waals surface area contributed by atoms with E-state index in [-0.39, 0.29) is 24.3 Å². The van der Waals surface area contributed by atoms with Gasteiger partial charge in [0.25, 0.3) is 5.91 Å². The molecule has 0 aromatic carbocycles. The van der Waals surface area contributed by atoms with E-state index in [1.165, 1.54) is 4.90 Å². The third kappa shape index (κ3) is 4.04. The number of hydrogen-bond acceptors (Lipinski definition) is 4. The molecule has 0 fully saturated rings. The molecule has 0 aliphatic carbocycles. The Balaban J connectivity index is 2.76. The maximum atomic E-state index is 11.7. The summed E-state index contributed by atoms with van der Waals surface area (Å²) in [5, 5.41) is 3.10. The molecule has 0 saturated carbocycles. The number of nitrogens with zero attached hydrogens (tertiary/aromatic N) is 2. The van der Waals surface area contributed by atoms with Crippen LogP contribution in [0.5, 0.6) is 0 Å². The van der Waals surface area contributed by atoms with Gasteiger partial charge in [0, 0.05) is 38.4 Å². The molecule has 0 saturated heterocycles. The van der Waals surface area contributed by atoms with Gasteiger partial charge in [-0.3, -0.25) is 14.6 Å². The van der Waals surface area contributed by atoms with E-state index in [0.29, 0.717) is 5.69 Å². The lowest BCUT2D eigenvalue weighted by molar-refractivity contribution is -0.118. The number of pyridine rings is 1. The van der Waals surface area contributed by atoms with Gasteiger partial charge in [0.2, 0.25) is 5.91 Å². The number of anilines is 1. The van der Waals surface area contributed by atoms with Crippen molar-refractivity contribution >= 4 is 17.5 Å². The van der Waals surface area contributed by atoms with Gasteiger partial charge in [-0.2, -0.15) is 0 Å². The molecule has 0 radical (unpaired) electrons. The van der Waals surface area contributed by atoms with Crippen LogP contribution < -0.4 is 11.1 Å². The maximum absolute atomic E-state index is 11.7. The minimum atomic E-state index is -0.367. The van der Waals surface area contributed by atoms with Crippen molar-refractivity contribution in [1.82, 2.24) is 9.88 Å². The summed E-state index contributed by atoms with van der Waals surface area (Å²) >= 11 is 0. The number of primary amides is 1. The van der Waals surface area contributed by atoms with Crippen molar-refractivity contribution in [3.8, 4) is 0 Å². The van der Waals surface area contributed by atoms with Crippen LogP contribution in [0.25, 0.3) is 0 Å². The minimum Gasteiger partial charge on any atom is -0.382 e. The molecule has 98 valence electrons. The standard InChI is InChI=1S/C12H18N4O2/c1-8(6-11(13)17)15-9-4-5-14-10(7-9)12(18)16(2)3/h4-5,7-8H,6H2,1-3H3,(H2,13,17)(H,14,15). The first-order valence-electron chi connectivity index (χ1n) is 5.62. The lowest BCUT2D eigenvalue weighted by Crippen LogP contribution is -2.25. The summed E-state index contributed by atoms with van der Waals surface area (Å²) in [6.07, 6.45) is 1.79. The molecule has 1 heterocycles. The number of hydrogen-bond donors (Lipinski definition) is 2. The number of rotatable bonds is 5.